The summed E-state index contributed by atoms with van der Waals surface area (Å²) in [5.41, 5.74) is 13.7. The molecule has 136 valence electrons. The summed E-state index contributed by atoms with van der Waals surface area (Å²) in [6, 6.07) is 9.48. The first-order chi connectivity index (χ1) is 11.8. The molecule has 0 fully saturated rings. The van der Waals surface area contributed by atoms with Gasteiger partial charge in [-0.25, -0.2) is 0 Å². The summed E-state index contributed by atoms with van der Waals surface area (Å²) in [6.07, 6.45) is 0.791. The van der Waals surface area contributed by atoms with Gasteiger partial charge in [0.2, 0.25) is 0 Å². The van der Waals surface area contributed by atoms with E-state index >= 15 is 0 Å². The van der Waals surface area contributed by atoms with Gasteiger partial charge in [0.15, 0.2) is 0 Å². The Labute approximate surface area is 147 Å². The molecule has 0 saturated carbocycles. The molecule has 0 spiro atoms. The third-order valence-corrected chi connectivity index (χ3v) is 3.33. The molecule has 0 saturated heterocycles. The molecule has 0 heterocycles. The lowest BCUT2D eigenvalue weighted by Gasteiger charge is -2.15. The molecule has 0 bridgehead atoms. The maximum absolute atomic E-state index is 9.31. The van der Waals surface area contributed by atoms with E-state index in [-0.39, 0.29) is 24.6 Å². The Kier molecular flexibility index (Phi) is 8.55. The number of benzene rings is 1. The van der Waals surface area contributed by atoms with Gasteiger partial charge in [-0.3, -0.25) is 10.8 Å². The molecule has 7 nitrogen and oxygen atoms in total. The van der Waals surface area contributed by atoms with Gasteiger partial charge in [-0.05, 0) is 18.6 Å². The highest BCUT2D eigenvalue weighted by atomic mass is 16.5. The SMILES string of the molecule is C/C(N)=C/C(=N)C(=N)/C(Cc1ccccc1)=C(\N)COCC(O)CO. The standard InChI is InChI=1S/C18H26N4O3/c1-12(19)7-16(20)18(22)15(8-13-5-3-2-4-6-13)17(21)11-25-10-14(24)9-23/h2-7,14,20,22-24H,8-11,19,21H2,1H3/b12-7-,17-15-,20-16?,22-18?. The van der Waals surface area contributed by atoms with Crippen LogP contribution in [0.15, 0.2) is 53.4 Å². The molecular weight excluding hydrogens is 320 g/mol. The molecular formula is C18H26N4O3. The van der Waals surface area contributed by atoms with Gasteiger partial charge in [-0.1, -0.05) is 30.3 Å². The molecule has 1 unspecified atom stereocenters. The zero-order valence-electron chi connectivity index (χ0n) is 14.3. The van der Waals surface area contributed by atoms with Crippen LogP contribution in [-0.4, -0.2) is 47.6 Å². The fraction of sp³-hybridized carbons (Fsp3) is 0.333. The molecule has 0 aliphatic carbocycles. The van der Waals surface area contributed by atoms with Crippen LogP contribution in [0.3, 0.4) is 0 Å². The van der Waals surface area contributed by atoms with E-state index in [4.69, 9.17) is 32.1 Å². The number of nitrogens with two attached hydrogens (primary N) is 2. The molecule has 25 heavy (non-hydrogen) atoms. The number of nitrogens with one attached hydrogen (secondary N) is 2. The molecule has 8 N–H and O–H groups in total. The highest BCUT2D eigenvalue weighted by Crippen LogP contribution is 2.13. The molecule has 1 aromatic rings. The number of aliphatic hydroxyl groups is 2. The zero-order valence-corrected chi connectivity index (χ0v) is 14.3. The largest absolute Gasteiger partial charge is 0.402 e. The Morgan fingerprint density at radius 3 is 2.44 bits per heavy atom. The van der Waals surface area contributed by atoms with Gasteiger partial charge in [0.25, 0.3) is 0 Å². The van der Waals surface area contributed by atoms with E-state index in [1.807, 2.05) is 30.3 Å². The summed E-state index contributed by atoms with van der Waals surface area (Å²) in [6.45, 7) is 1.16. The fourth-order valence-electron chi connectivity index (χ4n) is 2.07. The van der Waals surface area contributed by atoms with Gasteiger partial charge in [0.1, 0.15) is 6.10 Å². The summed E-state index contributed by atoms with van der Waals surface area (Å²) in [4.78, 5) is 0. The van der Waals surface area contributed by atoms with Crippen LogP contribution in [-0.2, 0) is 11.2 Å². The van der Waals surface area contributed by atoms with Gasteiger partial charge in [0, 0.05) is 23.4 Å². The maximum Gasteiger partial charge on any atom is 0.100 e. The van der Waals surface area contributed by atoms with Gasteiger partial charge >= 0.3 is 0 Å². The highest BCUT2D eigenvalue weighted by Gasteiger charge is 2.15. The maximum atomic E-state index is 9.31. The van der Waals surface area contributed by atoms with Crippen LogP contribution in [0.4, 0.5) is 0 Å². The van der Waals surface area contributed by atoms with Crippen LogP contribution in [0.25, 0.3) is 0 Å². The van der Waals surface area contributed by atoms with Crippen molar-refractivity contribution in [2.24, 2.45) is 11.5 Å². The molecule has 0 aliphatic heterocycles. The van der Waals surface area contributed by atoms with Crippen LogP contribution in [0.5, 0.6) is 0 Å². The van der Waals surface area contributed by atoms with E-state index in [1.54, 1.807) is 6.92 Å². The number of rotatable bonds is 10. The van der Waals surface area contributed by atoms with Gasteiger partial charge in [-0.15, -0.1) is 0 Å². The second-order valence-electron chi connectivity index (χ2n) is 5.69. The molecule has 0 amide bonds. The molecule has 1 rings (SSSR count). The van der Waals surface area contributed by atoms with E-state index in [0.717, 1.165) is 5.56 Å². The molecule has 1 atom stereocenters. The van der Waals surface area contributed by atoms with Gasteiger partial charge in [0.05, 0.1) is 31.2 Å². The van der Waals surface area contributed by atoms with E-state index in [1.165, 1.54) is 6.08 Å². The van der Waals surface area contributed by atoms with E-state index in [2.05, 4.69) is 0 Å². The lowest BCUT2D eigenvalue weighted by Crippen LogP contribution is -2.24. The van der Waals surface area contributed by atoms with Crippen molar-refractivity contribution in [2.45, 2.75) is 19.4 Å². The van der Waals surface area contributed by atoms with Crippen LogP contribution in [0.1, 0.15) is 12.5 Å². The molecule has 0 radical (unpaired) electrons. The Morgan fingerprint density at radius 1 is 1.24 bits per heavy atom. The summed E-state index contributed by atoms with van der Waals surface area (Å²) in [5, 5.41) is 34.4. The predicted molar refractivity (Wildman–Crippen MR) is 98.7 cm³/mol. The van der Waals surface area contributed by atoms with Crippen molar-refractivity contribution < 1.29 is 14.9 Å². The highest BCUT2D eigenvalue weighted by molar-refractivity contribution is 6.50. The van der Waals surface area contributed by atoms with E-state index in [9.17, 15) is 5.11 Å². The lowest BCUT2D eigenvalue weighted by molar-refractivity contribution is 0.0129. The topological polar surface area (TPSA) is 149 Å². The lowest BCUT2D eigenvalue weighted by atomic mass is 9.96. The minimum absolute atomic E-state index is 0.0137. The number of hydrogen-bond acceptors (Lipinski definition) is 7. The summed E-state index contributed by atoms with van der Waals surface area (Å²) >= 11 is 0. The molecule has 0 aromatic heterocycles. The average molecular weight is 346 g/mol. The van der Waals surface area contributed by atoms with Crippen molar-refractivity contribution >= 4 is 11.4 Å². The van der Waals surface area contributed by atoms with Crippen molar-refractivity contribution in [2.75, 3.05) is 19.8 Å². The van der Waals surface area contributed by atoms with Crippen molar-refractivity contribution in [3.63, 3.8) is 0 Å². The monoisotopic (exact) mass is 346 g/mol. The Bertz CT molecular complexity index is 650. The first-order valence-corrected chi connectivity index (χ1v) is 7.84. The first-order valence-electron chi connectivity index (χ1n) is 7.84. The van der Waals surface area contributed by atoms with Crippen molar-refractivity contribution in [1.29, 1.82) is 10.8 Å². The van der Waals surface area contributed by atoms with Gasteiger partial charge in [-0.2, -0.15) is 0 Å². The first kappa shape index (κ1) is 20.6. The van der Waals surface area contributed by atoms with Crippen molar-refractivity contribution in [3.8, 4) is 0 Å². The average Bonchev–Trinajstić information content (AvgIpc) is 2.59. The quantitative estimate of drug-likeness (QED) is 0.345. The van der Waals surface area contributed by atoms with Crippen LogP contribution >= 0.6 is 0 Å². The van der Waals surface area contributed by atoms with Crippen molar-refractivity contribution in [1.82, 2.24) is 0 Å². The summed E-state index contributed by atoms with van der Waals surface area (Å²) in [7, 11) is 0. The zero-order chi connectivity index (χ0) is 18.8. The number of hydrogen-bond donors (Lipinski definition) is 6. The molecule has 0 aliphatic rings. The minimum Gasteiger partial charge on any atom is -0.402 e. The number of aliphatic hydroxyl groups excluding tert-OH is 2. The normalized spacial score (nSPS) is 14.0. The van der Waals surface area contributed by atoms with Crippen LogP contribution < -0.4 is 11.5 Å². The predicted octanol–water partition coefficient (Wildman–Crippen LogP) is 0.714. The van der Waals surface area contributed by atoms with Crippen molar-refractivity contribution in [3.05, 3.63) is 58.9 Å². The van der Waals surface area contributed by atoms with Gasteiger partial charge < -0.3 is 26.4 Å². The van der Waals surface area contributed by atoms with Crippen LogP contribution in [0.2, 0.25) is 0 Å². The Hall–Kier alpha value is -2.48. The minimum atomic E-state index is -0.981. The van der Waals surface area contributed by atoms with Crippen LogP contribution in [0, 0.1) is 10.8 Å². The second-order valence-corrected chi connectivity index (χ2v) is 5.69. The molecule has 1 aromatic carbocycles. The Balaban J connectivity index is 3.00. The number of ether oxygens (including phenoxy) is 1. The third kappa shape index (κ3) is 7.30. The third-order valence-electron chi connectivity index (χ3n) is 3.33. The smallest absolute Gasteiger partial charge is 0.100 e. The fourth-order valence-corrected chi connectivity index (χ4v) is 2.07. The van der Waals surface area contributed by atoms with E-state index in [0.29, 0.717) is 23.4 Å². The second kappa shape index (κ2) is 10.4. The summed E-state index contributed by atoms with van der Waals surface area (Å²) < 4.78 is 5.28. The molecule has 7 heteroatoms. The number of allylic oxidation sites excluding steroid dienone is 3. The van der Waals surface area contributed by atoms with E-state index < -0.39 is 12.7 Å². The summed E-state index contributed by atoms with van der Waals surface area (Å²) in [5.74, 6) is 0. The Morgan fingerprint density at radius 2 is 1.88 bits per heavy atom.